The Balaban J connectivity index is 1.90. The molecule has 140 valence electrons. The quantitative estimate of drug-likeness (QED) is 0.722. The molecule has 0 spiro atoms. The van der Waals surface area contributed by atoms with Gasteiger partial charge in [-0.2, -0.15) is 10.2 Å². The van der Waals surface area contributed by atoms with Gasteiger partial charge < -0.3 is 5.11 Å². The number of nitrogens with zero attached hydrogens (tertiary/aromatic N) is 5. The third kappa shape index (κ3) is 4.22. The van der Waals surface area contributed by atoms with E-state index in [9.17, 15) is 14.7 Å². The zero-order valence-electron chi connectivity index (χ0n) is 15.2. The number of amides is 1. The molecule has 0 saturated carbocycles. The van der Waals surface area contributed by atoms with Gasteiger partial charge in [0.25, 0.3) is 0 Å². The average molecular weight is 367 g/mol. The zero-order valence-corrected chi connectivity index (χ0v) is 15.2. The molecule has 0 atom stereocenters. The number of hydrogen-bond acceptors (Lipinski definition) is 4. The second-order valence-electron chi connectivity index (χ2n) is 6.22. The summed E-state index contributed by atoms with van der Waals surface area (Å²) in [4.78, 5) is 25.0. The first-order chi connectivity index (χ1) is 13.0. The lowest BCUT2D eigenvalue weighted by Crippen LogP contribution is -2.29. The molecule has 2 aromatic heterocycles. The van der Waals surface area contributed by atoms with Crippen molar-refractivity contribution in [1.82, 2.24) is 19.6 Å². The molecule has 2 heterocycles. The van der Waals surface area contributed by atoms with Gasteiger partial charge in [-0.3, -0.25) is 14.4 Å². The fourth-order valence-electron chi connectivity index (χ4n) is 2.83. The minimum atomic E-state index is -0.995. The molecular formula is C19H21N5O3. The van der Waals surface area contributed by atoms with E-state index >= 15 is 0 Å². The van der Waals surface area contributed by atoms with E-state index in [-0.39, 0.29) is 5.43 Å². The summed E-state index contributed by atoms with van der Waals surface area (Å²) in [6.07, 6.45) is 5.10. The molecule has 1 N–H and O–H groups in total. The summed E-state index contributed by atoms with van der Waals surface area (Å²) in [5.41, 5.74) is 2.39. The van der Waals surface area contributed by atoms with Crippen molar-refractivity contribution in [3.05, 3.63) is 70.4 Å². The summed E-state index contributed by atoms with van der Waals surface area (Å²) in [7, 11) is 1.81. The molecule has 0 aliphatic carbocycles. The van der Waals surface area contributed by atoms with E-state index in [1.165, 1.54) is 11.0 Å². The molecule has 0 unspecified atom stereocenters. The molecule has 1 amide bonds. The molecule has 8 nitrogen and oxygen atoms in total. The molecule has 0 radical (unpaired) electrons. The Morgan fingerprint density at radius 3 is 2.78 bits per heavy atom. The normalized spacial score (nSPS) is 10.7. The molecule has 3 rings (SSSR count). The Bertz CT molecular complexity index is 1010. The molecule has 0 saturated heterocycles. The summed E-state index contributed by atoms with van der Waals surface area (Å²) in [5, 5.41) is 17.9. The second-order valence-corrected chi connectivity index (χ2v) is 6.22. The van der Waals surface area contributed by atoms with Gasteiger partial charge in [-0.05, 0) is 24.1 Å². The maximum atomic E-state index is 12.2. The van der Waals surface area contributed by atoms with Crippen LogP contribution in [0.25, 0.3) is 5.69 Å². The minimum Gasteiger partial charge on any atom is -0.465 e. The molecule has 0 bridgehead atoms. The van der Waals surface area contributed by atoms with Gasteiger partial charge in [0, 0.05) is 38.0 Å². The van der Waals surface area contributed by atoms with Crippen LogP contribution in [0.5, 0.6) is 0 Å². The molecular weight excluding hydrogens is 346 g/mol. The van der Waals surface area contributed by atoms with Crippen LogP contribution in [-0.2, 0) is 13.5 Å². The van der Waals surface area contributed by atoms with E-state index in [4.69, 9.17) is 0 Å². The monoisotopic (exact) mass is 367 g/mol. The lowest BCUT2D eigenvalue weighted by atomic mass is 10.1. The number of benzene rings is 1. The molecule has 0 aliphatic rings. The van der Waals surface area contributed by atoms with E-state index in [2.05, 4.69) is 10.2 Å². The van der Waals surface area contributed by atoms with Gasteiger partial charge in [-0.15, -0.1) is 0 Å². The highest BCUT2D eigenvalue weighted by Crippen LogP contribution is 2.18. The molecule has 1 aromatic carbocycles. The number of anilines is 1. The van der Waals surface area contributed by atoms with Gasteiger partial charge in [-0.1, -0.05) is 19.1 Å². The van der Waals surface area contributed by atoms with Crippen LogP contribution in [0.3, 0.4) is 0 Å². The third-order valence-corrected chi connectivity index (χ3v) is 4.11. The summed E-state index contributed by atoms with van der Waals surface area (Å²) >= 11 is 0. The highest BCUT2D eigenvalue weighted by atomic mass is 16.4. The number of carboxylic acid groups (broad SMARTS) is 1. The topological polar surface area (TPSA) is 93.2 Å². The van der Waals surface area contributed by atoms with Crippen LogP contribution in [0.15, 0.2) is 53.7 Å². The smallest absolute Gasteiger partial charge is 0.411 e. The van der Waals surface area contributed by atoms with Crippen molar-refractivity contribution in [3.8, 4) is 5.69 Å². The van der Waals surface area contributed by atoms with E-state index < -0.39 is 6.09 Å². The van der Waals surface area contributed by atoms with Crippen LogP contribution in [0.4, 0.5) is 10.5 Å². The zero-order chi connectivity index (χ0) is 19.4. The first-order valence-corrected chi connectivity index (χ1v) is 8.65. The number of aryl methyl sites for hydroxylation is 1. The van der Waals surface area contributed by atoms with Gasteiger partial charge in [0.05, 0.1) is 12.4 Å². The van der Waals surface area contributed by atoms with Crippen LogP contribution >= 0.6 is 0 Å². The standard InChI is InChI=1S/C19H21N5O3/c1-3-8-23(19(26)27)15-6-4-5-14(10-15)11-17-18(25)7-9-24(21-17)16-12-20-22(2)13-16/h4-7,9-10,12-13H,3,8,11H2,1-2H3,(H,26,27). The van der Waals surface area contributed by atoms with Gasteiger partial charge in [0.2, 0.25) is 5.43 Å². The number of hydrogen-bond donors (Lipinski definition) is 1. The lowest BCUT2D eigenvalue weighted by molar-refractivity contribution is 0.202. The van der Waals surface area contributed by atoms with E-state index in [1.54, 1.807) is 46.2 Å². The van der Waals surface area contributed by atoms with Crippen molar-refractivity contribution >= 4 is 11.8 Å². The summed E-state index contributed by atoms with van der Waals surface area (Å²) < 4.78 is 3.26. The van der Waals surface area contributed by atoms with Crippen LogP contribution in [0.2, 0.25) is 0 Å². The van der Waals surface area contributed by atoms with Gasteiger partial charge in [0.15, 0.2) is 0 Å². The third-order valence-electron chi connectivity index (χ3n) is 4.11. The summed E-state index contributed by atoms with van der Waals surface area (Å²) in [6.45, 7) is 2.34. The highest BCUT2D eigenvalue weighted by molar-refractivity contribution is 5.86. The molecule has 0 aliphatic heterocycles. The largest absolute Gasteiger partial charge is 0.465 e. The number of rotatable bonds is 6. The van der Waals surface area contributed by atoms with Crippen molar-refractivity contribution < 1.29 is 9.90 Å². The predicted molar refractivity (Wildman–Crippen MR) is 102 cm³/mol. The SMILES string of the molecule is CCCN(C(=O)O)c1cccc(Cc2nn(-c3cnn(C)c3)ccc2=O)c1. The molecule has 27 heavy (non-hydrogen) atoms. The molecule has 0 fully saturated rings. The van der Waals surface area contributed by atoms with Gasteiger partial charge >= 0.3 is 6.09 Å². The number of carbonyl (C=O) groups is 1. The van der Waals surface area contributed by atoms with Crippen molar-refractivity contribution in [2.45, 2.75) is 19.8 Å². The van der Waals surface area contributed by atoms with Crippen molar-refractivity contribution in [2.75, 3.05) is 11.4 Å². The Labute approximate surface area is 156 Å². The first kappa shape index (κ1) is 18.4. The lowest BCUT2D eigenvalue weighted by Gasteiger charge is -2.19. The van der Waals surface area contributed by atoms with Crippen molar-refractivity contribution in [1.29, 1.82) is 0 Å². The maximum Gasteiger partial charge on any atom is 0.411 e. The predicted octanol–water partition coefficient (Wildman–Crippen LogP) is 2.45. The van der Waals surface area contributed by atoms with Crippen LogP contribution in [0.1, 0.15) is 24.6 Å². The van der Waals surface area contributed by atoms with Gasteiger partial charge in [0.1, 0.15) is 11.4 Å². The first-order valence-electron chi connectivity index (χ1n) is 8.65. The van der Waals surface area contributed by atoms with Crippen LogP contribution in [-0.4, -0.2) is 37.3 Å². The van der Waals surface area contributed by atoms with E-state index in [0.717, 1.165) is 11.3 Å². The second kappa shape index (κ2) is 7.86. The highest BCUT2D eigenvalue weighted by Gasteiger charge is 2.14. The fraction of sp³-hybridized carbons (Fsp3) is 0.263. The van der Waals surface area contributed by atoms with E-state index in [0.29, 0.717) is 30.8 Å². The Hall–Kier alpha value is -3.42. The fourth-order valence-corrected chi connectivity index (χ4v) is 2.83. The average Bonchev–Trinajstić information content (AvgIpc) is 3.08. The Morgan fingerprint density at radius 2 is 2.11 bits per heavy atom. The maximum absolute atomic E-state index is 12.2. The van der Waals surface area contributed by atoms with Crippen molar-refractivity contribution in [2.24, 2.45) is 7.05 Å². The molecule has 3 aromatic rings. The van der Waals surface area contributed by atoms with E-state index in [1.807, 2.05) is 20.0 Å². The molecule has 8 heteroatoms. The Kier molecular flexibility index (Phi) is 5.35. The summed E-state index contributed by atoms with van der Waals surface area (Å²) in [5.74, 6) is 0. The van der Waals surface area contributed by atoms with Crippen LogP contribution < -0.4 is 10.3 Å². The van der Waals surface area contributed by atoms with Crippen molar-refractivity contribution in [3.63, 3.8) is 0 Å². The Morgan fingerprint density at radius 1 is 1.30 bits per heavy atom. The number of aromatic nitrogens is 4. The van der Waals surface area contributed by atoms with Gasteiger partial charge in [-0.25, -0.2) is 9.48 Å². The minimum absolute atomic E-state index is 0.163. The summed E-state index contributed by atoms with van der Waals surface area (Å²) in [6, 6.07) is 8.66. The van der Waals surface area contributed by atoms with Crippen LogP contribution in [0, 0.1) is 0 Å².